The molecule has 0 aliphatic carbocycles. The van der Waals surface area contributed by atoms with Gasteiger partial charge in [-0.15, -0.1) is 0 Å². The Balaban J connectivity index is 1.91. The molecular weight excluding hydrogens is 258 g/mol. The fourth-order valence-corrected chi connectivity index (χ4v) is 3.55. The molecule has 0 aromatic heterocycles. The first-order valence-electron chi connectivity index (χ1n) is 8.49. The standard InChI is InChI=1S/C19H31NO/c1-5-11-20-12-15(2)16(3)17(4)19(20)14-21-13-18-9-7-6-8-10-18/h6-10,15-17,19H,5,11-14H2,1-4H3. The van der Waals surface area contributed by atoms with Crippen molar-refractivity contribution in [2.75, 3.05) is 19.7 Å². The third kappa shape index (κ3) is 4.31. The summed E-state index contributed by atoms with van der Waals surface area (Å²) in [6.07, 6.45) is 1.23. The van der Waals surface area contributed by atoms with Crippen molar-refractivity contribution < 1.29 is 4.74 Å². The molecule has 1 aromatic carbocycles. The topological polar surface area (TPSA) is 12.5 Å². The van der Waals surface area contributed by atoms with Crippen molar-refractivity contribution in [2.45, 2.75) is 46.8 Å². The zero-order valence-corrected chi connectivity index (χ0v) is 14.1. The van der Waals surface area contributed by atoms with E-state index in [2.05, 4.69) is 62.9 Å². The van der Waals surface area contributed by atoms with E-state index in [-0.39, 0.29) is 0 Å². The van der Waals surface area contributed by atoms with Crippen LogP contribution in [-0.2, 0) is 11.3 Å². The Kier molecular flexibility index (Phi) is 6.25. The van der Waals surface area contributed by atoms with Gasteiger partial charge in [-0.1, -0.05) is 58.0 Å². The van der Waals surface area contributed by atoms with Crippen molar-refractivity contribution in [3.8, 4) is 0 Å². The summed E-state index contributed by atoms with van der Waals surface area (Å²) in [5.74, 6) is 2.27. The number of piperidine rings is 1. The van der Waals surface area contributed by atoms with Gasteiger partial charge in [0, 0.05) is 12.6 Å². The summed E-state index contributed by atoms with van der Waals surface area (Å²) in [6, 6.07) is 11.1. The summed E-state index contributed by atoms with van der Waals surface area (Å²) in [6.45, 7) is 13.5. The van der Waals surface area contributed by atoms with Gasteiger partial charge in [0.2, 0.25) is 0 Å². The molecule has 0 radical (unpaired) electrons. The molecule has 0 amide bonds. The summed E-state index contributed by atoms with van der Waals surface area (Å²) in [5, 5.41) is 0. The lowest BCUT2D eigenvalue weighted by atomic mass is 9.76. The minimum atomic E-state index is 0.569. The van der Waals surface area contributed by atoms with Crippen LogP contribution in [0.3, 0.4) is 0 Å². The Morgan fingerprint density at radius 2 is 1.81 bits per heavy atom. The highest BCUT2D eigenvalue weighted by atomic mass is 16.5. The first-order chi connectivity index (χ1) is 10.1. The van der Waals surface area contributed by atoms with E-state index >= 15 is 0 Å². The number of likely N-dealkylation sites (tertiary alicyclic amines) is 1. The average molecular weight is 289 g/mol. The van der Waals surface area contributed by atoms with Crippen LogP contribution in [0.2, 0.25) is 0 Å². The second kappa shape index (κ2) is 7.95. The molecular formula is C19H31NO. The van der Waals surface area contributed by atoms with Crippen molar-refractivity contribution in [3.05, 3.63) is 35.9 Å². The molecule has 118 valence electrons. The molecule has 2 rings (SSSR count). The normalized spacial score (nSPS) is 30.5. The van der Waals surface area contributed by atoms with Crippen LogP contribution in [0.1, 0.15) is 39.7 Å². The van der Waals surface area contributed by atoms with Crippen molar-refractivity contribution in [1.82, 2.24) is 4.90 Å². The lowest BCUT2D eigenvalue weighted by Gasteiger charge is -2.46. The Morgan fingerprint density at radius 1 is 1.10 bits per heavy atom. The highest BCUT2D eigenvalue weighted by molar-refractivity contribution is 5.13. The van der Waals surface area contributed by atoms with E-state index in [0.717, 1.165) is 25.0 Å². The summed E-state index contributed by atoms with van der Waals surface area (Å²) in [5.41, 5.74) is 1.27. The van der Waals surface area contributed by atoms with Crippen LogP contribution in [0.5, 0.6) is 0 Å². The second-order valence-corrected chi connectivity index (χ2v) is 6.76. The van der Waals surface area contributed by atoms with Gasteiger partial charge in [-0.25, -0.2) is 0 Å². The molecule has 2 heteroatoms. The van der Waals surface area contributed by atoms with Crippen LogP contribution < -0.4 is 0 Å². The molecule has 0 spiro atoms. The fourth-order valence-electron chi connectivity index (χ4n) is 3.55. The number of nitrogens with zero attached hydrogens (tertiary/aromatic N) is 1. The first kappa shape index (κ1) is 16.5. The molecule has 1 aromatic rings. The maximum atomic E-state index is 6.05. The zero-order valence-electron chi connectivity index (χ0n) is 14.1. The van der Waals surface area contributed by atoms with Crippen LogP contribution in [0.25, 0.3) is 0 Å². The molecule has 0 bridgehead atoms. The van der Waals surface area contributed by atoms with Crippen molar-refractivity contribution in [1.29, 1.82) is 0 Å². The fraction of sp³-hybridized carbons (Fsp3) is 0.684. The highest BCUT2D eigenvalue weighted by Crippen LogP contribution is 2.33. The quantitative estimate of drug-likeness (QED) is 0.778. The Bertz CT molecular complexity index is 405. The predicted molar refractivity (Wildman–Crippen MR) is 89.2 cm³/mol. The van der Waals surface area contributed by atoms with Gasteiger partial charge in [0.25, 0.3) is 0 Å². The molecule has 1 aliphatic rings. The number of ether oxygens (including phenoxy) is 1. The van der Waals surface area contributed by atoms with E-state index in [4.69, 9.17) is 4.74 Å². The van der Waals surface area contributed by atoms with Gasteiger partial charge in [0.15, 0.2) is 0 Å². The summed E-state index contributed by atoms with van der Waals surface area (Å²) in [7, 11) is 0. The Hall–Kier alpha value is -0.860. The third-order valence-electron chi connectivity index (χ3n) is 5.24. The van der Waals surface area contributed by atoms with Crippen LogP contribution in [0, 0.1) is 17.8 Å². The molecule has 1 fully saturated rings. The molecule has 1 saturated heterocycles. The van der Waals surface area contributed by atoms with Crippen LogP contribution in [0.4, 0.5) is 0 Å². The number of rotatable bonds is 6. The van der Waals surface area contributed by atoms with Gasteiger partial charge >= 0.3 is 0 Å². The minimum absolute atomic E-state index is 0.569. The van der Waals surface area contributed by atoms with E-state index in [1.54, 1.807) is 0 Å². The SMILES string of the molecule is CCCN1CC(C)C(C)C(C)C1COCc1ccccc1. The summed E-state index contributed by atoms with van der Waals surface area (Å²) >= 11 is 0. The average Bonchev–Trinajstić information content (AvgIpc) is 2.49. The highest BCUT2D eigenvalue weighted by Gasteiger charge is 2.36. The van der Waals surface area contributed by atoms with Gasteiger partial charge in [-0.3, -0.25) is 4.90 Å². The Morgan fingerprint density at radius 3 is 2.48 bits per heavy atom. The number of hydrogen-bond acceptors (Lipinski definition) is 2. The van der Waals surface area contributed by atoms with Gasteiger partial charge < -0.3 is 4.74 Å². The zero-order chi connectivity index (χ0) is 15.2. The molecule has 1 aliphatic heterocycles. The predicted octanol–water partition coefficient (Wildman–Crippen LogP) is 4.21. The van der Waals surface area contributed by atoms with Crippen molar-refractivity contribution >= 4 is 0 Å². The lowest BCUT2D eigenvalue weighted by Crippen LogP contribution is -2.53. The lowest BCUT2D eigenvalue weighted by molar-refractivity contribution is -0.0305. The molecule has 0 N–H and O–H groups in total. The van der Waals surface area contributed by atoms with E-state index < -0.39 is 0 Å². The molecule has 21 heavy (non-hydrogen) atoms. The first-order valence-corrected chi connectivity index (χ1v) is 8.49. The molecule has 0 saturated carbocycles. The summed E-state index contributed by atoms with van der Waals surface area (Å²) in [4.78, 5) is 2.65. The van der Waals surface area contributed by atoms with Crippen LogP contribution >= 0.6 is 0 Å². The summed E-state index contributed by atoms with van der Waals surface area (Å²) < 4.78 is 6.05. The van der Waals surface area contributed by atoms with Crippen LogP contribution in [0.15, 0.2) is 30.3 Å². The number of hydrogen-bond donors (Lipinski definition) is 0. The Labute approximate surface area is 130 Å². The van der Waals surface area contributed by atoms with Gasteiger partial charge in [-0.05, 0) is 36.3 Å². The second-order valence-electron chi connectivity index (χ2n) is 6.76. The minimum Gasteiger partial charge on any atom is -0.375 e. The van der Waals surface area contributed by atoms with Crippen molar-refractivity contribution in [3.63, 3.8) is 0 Å². The number of benzene rings is 1. The van der Waals surface area contributed by atoms with Gasteiger partial charge in [-0.2, -0.15) is 0 Å². The van der Waals surface area contributed by atoms with E-state index in [1.807, 2.05) is 0 Å². The largest absolute Gasteiger partial charge is 0.375 e. The maximum absolute atomic E-state index is 6.05. The van der Waals surface area contributed by atoms with E-state index in [1.165, 1.54) is 25.1 Å². The smallest absolute Gasteiger partial charge is 0.0717 e. The van der Waals surface area contributed by atoms with E-state index in [9.17, 15) is 0 Å². The van der Waals surface area contributed by atoms with E-state index in [0.29, 0.717) is 12.0 Å². The van der Waals surface area contributed by atoms with Gasteiger partial charge in [0.1, 0.15) is 0 Å². The van der Waals surface area contributed by atoms with Crippen molar-refractivity contribution in [2.24, 2.45) is 17.8 Å². The molecule has 1 heterocycles. The molecule has 2 nitrogen and oxygen atoms in total. The molecule has 4 unspecified atom stereocenters. The van der Waals surface area contributed by atoms with Crippen LogP contribution in [-0.4, -0.2) is 30.6 Å². The molecule has 4 atom stereocenters. The maximum Gasteiger partial charge on any atom is 0.0717 e. The third-order valence-corrected chi connectivity index (χ3v) is 5.24. The van der Waals surface area contributed by atoms with Gasteiger partial charge in [0.05, 0.1) is 13.2 Å². The monoisotopic (exact) mass is 289 g/mol.